The number of hydrogen-bond donors (Lipinski definition) is 1. The van der Waals surface area contributed by atoms with Gasteiger partial charge in [0.15, 0.2) is 0 Å². The summed E-state index contributed by atoms with van der Waals surface area (Å²) in [4.78, 5) is 15.8. The number of anilines is 2. The topological polar surface area (TPSA) is 73.4 Å². The largest absolute Gasteiger partial charge is 0.367 e. The number of nitriles is 1. The fourth-order valence-corrected chi connectivity index (χ4v) is 2.80. The number of nitrogens with two attached hydrogens (primary N) is 1. The minimum absolute atomic E-state index is 0.0628. The van der Waals surface area contributed by atoms with Crippen molar-refractivity contribution in [2.24, 2.45) is 5.73 Å². The normalized spacial score (nSPS) is 20.8. The first-order valence-electron chi connectivity index (χ1n) is 6.94. The molecule has 5 heteroatoms. The summed E-state index contributed by atoms with van der Waals surface area (Å²) < 4.78 is 0. The van der Waals surface area contributed by atoms with Crippen LogP contribution in [0.2, 0.25) is 0 Å². The first kappa shape index (κ1) is 12.9. The van der Waals surface area contributed by atoms with E-state index in [-0.39, 0.29) is 5.91 Å². The first-order valence-corrected chi connectivity index (χ1v) is 6.94. The van der Waals surface area contributed by atoms with Crippen molar-refractivity contribution in [2.45, 2.75) is 31.3 Å². The molecule has 1 aromatic rings. The SMILES string of the molecule is CN1C(=O)C(N)c2ccc(N(CCC#N)C3CC3)cc21. The molecule has 20 heavy (non-hydrogen) atoms. The lowest BCUT2D eigenvalue weighted by Gasteiger charge is -2.24. The lowest BCUT2D eigenvalue weighted by atomic mass is 10.1. The smallest absolute Gasteiger partial charge is 0.248 e. The Morgan fingerprint density at radius 3 is 2.90 bits per heavy atom. The predicted octanol–water partition coefficient (Wildman–Crippen LogP) is 1.55. The third-order valence-corrected chi connectivity index (χ3v) is 4.09. The molecule has 0 bridgehead atoms. The van der Waals surface area contributed by atoms with Crippen molar-refractivity contribution in [2.75, 3.05) is 23.4 Å². The number of hydrogen-bond acceptors (Lipinski definition) is 4. The van der Waals surface area contributed by atoms with Crippen LogP contribution in [0.1, 0.15) is 30.9 Å². The fourth-order valence-electron chi connectivity index (χ4n) is 2.80. The molecule has 0 spiro atoms. The Bertz CT molecular complexity index is 588. The summed E-state index contributed by atoms with van der Waals surface area (Å²) in [6.45, 7) is 0.740. The molecule has 3 rings (SSSR count). The number of amides is 1. The average molecular weight is 270 g/mol. The zero-order chi connectivity index (χ0) is 14.3. The zero-order valence-electron chi connectivity index (χ0n) is 11.5. The van der Waals surface area contributed by atoms with Gasteiger partial charge in [-0.2, -0.15) is 5.26 Å². The molecule has 1 aliphatic carbocycles. The summed E-state index contributed by atoms with van der Waals surface area (Å²) >= 11 is 0. The molecule has 0 radical (unpaired) electrons. The van der Waals surface area contributed by atoms with E-state index in [1.165, 1.54) is 12.8 Å². The van der Waals surface area contributed by atoms with E-state index in [0.717, 1.165) is 23.5 Å². The van der Waals surface area contributed by atoms with Gasteiger partial charge in [-0.3, -0.25) is 4.79 Å². The molecule has 0 saturated heterocycles. The van der Waals surface area contributed by atoms with Gasteiger partial charge in [-0.25, -0.2) is 0 Å². The highest BCUT2D eigenvalue weighted by atomic mass is 16.2. The summed E-state index contributed by atoms with van der Waals surface area (Å²) in [6, 6.07) is 8.18. The molecule has 2 N–H and O–H groups in total. The second-order valence-electron chi connectivity index (χ2n) is 5.45. The maximum Gasteiger partial charge on any atom is 0.248 e. The highest BCUT2D eigenvalue weighted by molar-refractivity contribution is 6.04. The van der Waals surface area contributed by atoms with Crippen LogP contribution >= 0.6 is 0 Å². The van der Waals surface area contributed by atoms with Gasteiger partial charge < -0.3 is 15.5 Å². The third kappa shape index (κ3) is 2.02. The molecule has 1 saturated carbocycles. The molecule has 0 aromatic heterocycles. The van der Waals surface area contributed by atoms with Crippen LogP contribution in [0.15, 0.2) is 18.2 Å². The summed E-state index contributed by atoms with van der Waals surface area (Å²) in [5, 5.41) is 8.78. The Morgan fingerprint density at radius 1 is 1.50 bits per heavy atom. The second-order valence-corrected chi connectivity index (χ2v) is 5.45. The number of carbonyl (C=O) groups is 1. The van der Waals surface area contributed by atoms with Crippen LogP contribution in [-0.4, -0.2) is 25.5 Å². The molecule has 1 heterocycles. The van der Waals surface area contributed by atoms with E-state index in [1.807, 2.05) is 18.2 Å². The van der Waals surface area contributed by atoms with Gasteiger partial charge >= 0.3 is 0 Å². The number of carbonyl (C=O) groups excluding carboxylic acids is 1. The van der Waals surface area contributed by atoms with Crippen LogP contribution in [0.5, 0.6) is 0 Å². The number of likely N-dealkylation sites (N-methyl/N-ethyl adjacent to an activating group) is 1. The van der Waals surface area contributed by atoms with Gasteiger partial charge in [0, 0.05) is 30.9 Å². The van der Waals surface area contributed by atoms with Crippen LogP contribution in [0, 0.1) is 11.3 Å². The molecule has 1 amide bonds. The van der Waals surface area contributed by atoms with Gasteiger partial charge in [-0.1, -0.05) is 6.07 Å². The average Bonchev–Trinajstić information content (AvgIpc) is 3.27. The van der Waals surface area contributed by atoms with Crippen LogP contribution in [0.4, 0.5) is 11.4 Å². The zero-order valence-corrected chi connectivity index (χ0v) is 11.5. The van der Waals surface area contributed by atoms with Crippen LogP contribution < -0.4 is 15.5 Å². The highest BCUT2D eigenvalue weighted by Crippen LogP contribution is 2.39. The van der Waals surface area contributed by atoms with Crippen molar-refractivity contribution in [3.8, 4) is 6.07 Å². The van der Waals surface area contributed by atoms with Crippen molar-refractivity contribution >= 4 is 17.3 Å². The van der Waals surface area contributed by atoms with Gasteiger partial charge in [0.2, 0.25) is 5.91 Å². The van der Waals surface area contributed by atoms with Gasteiger partial charge in [-0.05, 0) is 25.0 Å². The maximum atomic E-state index is 11.9. The molecule has 1 unspecified atom stereocenters. The number of nitrogens with zero attached hydrogens (tertiary/aromatic N) is 3. The van der Waals surface area contributed by atoms with E-state index in [1.54, 1.807) is 11.9 Å². The van der Waals surface area contributed by atoms with E-state index in [2.05, 4.69) is 11.0 Å². The second kappa shape index (κ2) is 4.80. The van der Waals surface area contributed by atoms with Gasteiger partial charge in [0.1, 0.15) is 6.04 Å². The third-order valence-electron chi connectivity index (χ3n) is 4.09. The Labute approximate surface area is 118 Å². The van der Waals surface area contributed by atoms with Crippen molar-refractivity contribution in [3.63, 3.8) is 0 Å². The first-order chi connectivity index (χ1) is 9.63. The fraction of sp³-hybridized carbons (Fsp3) is 0.467. The predicted molar refractivity (Wildman–Crippen MR) is 77.4 cm³/mol. The summed E-state index contributed by atoms with van der Waals surface area (Å²) in [6.07, 6.45) is 2.87. The Hall–Kier alpha value is -2.06. The van der Waals surface area contributed by atoms with E-state index >= 15 is 0 Å². The molecule has 1 aromatic carbocycles. The minimum Gasteiger partial charge on any atom is -0.367 e. The van der Waals surface area contributed by atoms with Crippen molar-refractivity contribution in [3.05, 3.63) is 23.8 Å². The van der Waals surface area contributed by atoms with Crippen LogP contribution in [0.25, 0.3) is 0 Å². The quantitative estimate of drug-likeness (QED) is 0.900. The standard InChI is InChI=1S/C15H18N4O/c1-18-13-9-11(5-6-12(13)14(17)15(18)20)19(8-2-7-16)10-3-4-10/h5-6,9-10,14H,2-4,8,17H2,1H3. The number of benzene rings is 1. The number of fused-ring (bicyclic) bond motifs is 1. The van der Waals surface area contributed by atoms with E-state index in [4.69, 9.17) is 11.0 Å². The lowest BCUT2D eigenvalue weighted by Crippen LogP contribution is -2.28. The molecular weight excluding hydrogens is 252 g/mol. The van der Waals surface area contributed by atoms with Gasteiger partial charge in [0.05, 0.1) is 18.2 Å². The summed E-state index contributed by atoms with van der Waals surface area (Å²) in [5.41, 5.74) is 8.77. The molecule has 1 fully saturated rings. The van der Waals surface area contributed by atoms with Gasteiger partial charge in [0.25, 0.3) is 0 Å². The molecule has 5 nitrogen and oxygen atoms in total. The van der Waals surface area contributed by atoms with Crippen LogP contribution in [0.3, 0.4) is 0 Å². The van der Waals surface area contributed by atoms with Crippen molar-refractivity contribution < 1.29 is 4.79 Å². The molecular formula is C15H18N4O. The monoisotopic (exact) mass is 270 g/mol. The Kier molecular flexibility index (Phi) is 3.11. The maximum absolute atomic E-state index is 11.9. The van der Waals surface area contributed by atoms with Crippen LogP contribution in [-0.2, 0) is 4.79 Å². The highest BCUT2D eigenvalue weighted by Gasteiger charge is 2.34. The Morgan fingerprint density at radius 2 is 2.25 bits per heavy atom. The minimum atomic E-state index is -0.544. The molecule has 2 aliphatic rings. The van der Waals surface area contributed by atoms with E-state index < -0.39 is 6.04 Å². The van der Waals surface area contributed by atoms with Crippen molar-refractivity contribution in [1.29, 1.82) is 5.26 Å². The van der Waals surface area contributed by atoms with Crippen molar-refractivity contribution in [1.82, 2.24) is 0 Å². The summed E-state index contributed by atoms with van der Waals surface area (Å²) in [5.74, 6) is -0.0628. The number of rotatable bonds is 4. The lowest BCUT2D eigenvalue weighted by molar-refractivity contribution is -0.118. The van der Waals surface area contributed by atoms with E-state index in [9.17, 15) is 4.79 Å². The molecule has 1 aliphatic heterocycles. The molecule has 1 atom stereocenters. The van der Waals surface area contributed by atoms with E-state index in [0.29, 0.717) is 12.5 Å². The molecule has 104 valence electrons. The summed E-state index contributed by atoms with van der Waals surface area (Å²) in [7, 11) is 1.76. The Balaban J connectivity index is 1.92. The van der Waals surface area contributed by atoms with Gasteiger partial charge in [-0.15, -0.1) is 0 Å².